The van der Waals surface area contributed by atoms with Gasteiger partial charge in [-0.2, -0.15) is 0 Å². The highest BCUT2D eigenvalue weighted by atomic mass is 16.7. The first-order chi connectivity index (χ1) is 15.0. The molecule has 7 heteroatoms. The Morgan fingerprint density at radius 2 is 1.77 bits per heavy atom. The van der Waals surface area contributed by atoms with Gasteiger partial charge in [0.2, 0.25) is 12.7 Å². The van der Waals surface area contributed by atoms with E-state index in [1.54, 1.807) is 30.5 Å². The SMILES string of the molecule is Cc1ncc(NC(=O)C2(c3ccc4c(c3)OCO4)CC2)cc1-c1ccc(C([NH])=O)cc1. The van der Waals surface area contributed by atoms with Crippen molar-refractivity contribution in [3.63, 3.8) is 0 Å². The average molecular weight is 414 g/mol. The van der Waals surface area contributed by atoms with Crippen LogP contribution in [0.4, 0.5) is 5.69 Å². The first-order valence-electron chi connectivity index (χ1n) is 10.0. The minimum absolute atomic E-state index is 0.0712. The standard InChI is InChI=1S/C24H20N3O4/c1-14-19(15-2-4-16(5-3-15)22(25)28)11-18(12-26-14)27-23(29)24(8-9-24)17-6-7-20-21(10-17)31-13-30-20/h2-7,10-12,25H,8-9,13H2,1H3,(H,27,29). The van der Waals surface area contributed by atoms with Crippen LogP contribution in [0, 0.1) is 6.92 Å². The molecule has 0 bridgehead atoms. The molecule has 2 aliphatic rings. The van der Waals surface area contributed by atoms with Crippen molar-refractivity contribution < 1.29 is 19.1 Å². The largest absolute Gasteiger partial charge is 0.454 e. The number of ether oxygens (including phenoxy) is 2. The van der Waals surface area contributed by atoms with Crippen molar-refractivity contribution in [1.29, 1.82) is 0 Å². The maximum atomic E-state index is 13.2. The van der Waals surface area contributed by atoms with Gasteiger partial charge >= 0.3 is 0 Å². The molecular weight excluding hydrogens is 394 g/mol. The lowest BCUT2D eigenvalue weighted by Crippen LogP contribution is -2.27. The lowest BCUT2D eigenvalue weighted by atomic mass is 9.94. The molecule has 0 atom stereocenters. The number of nitrogens with one attached hydrogen (secondary N) is 2. The van der Waals surface area contributed by atoms with Gasteiger partial charge in [-0.15, -0.1) is 0 Å². The summed E-state index contributed by atoms with van der Waals surface area (Å²) in [5.74, 6) is 0.578. The van der Waals surface area contributed by atoms with Crippen LogP contribution in [0.2, 0.25) is 0 Å². The summed E-state index contributed by atoms with van der Waals surface area (Å²) < 4.78 is 10.8. The number of anilines is 1. The number of benzene rings is 2. The van der Waals surface area contributed by atoms with Gasteiger partial charge in [0.1, 0.15) is 0 Å². The Balaban J connectivity index is 1.39. The van der Waals surface area contributed by atoms with E-state index in [1.807, 2.05) is 31.2 Å². The third-order valence-electron chi connectivity index (χ3n) is 5.91. The molecule has 2 aromatic carbocycles. The van der Waals surface area contributed by atoms with E-state index in [2.05, 4.69) is 10.3 Å². The molecule has 0 spiro atoms. The van der Waals surface area contributed by atoms with Crippen molar-refractivity contribution in [1.82, 2.24) is 10.7 Å². The minimum atomic E-state index is -0.722. The number of amides is 2. The van der Waals surface area contributed by atoms with Crippen molar-refractivity contribution in [3.8, 4) is 22.6 Å². The summed E-state index contributed by atoms with van der Waals surface area (Å²) in [5, 5.41) is 3.02. The second-order valence-corrected chi connectivity index (χ2v) is 7.87. The monoisotopic (exact) mass is 414 g/mol. The number of aryl methyl sites for hydroxylation is 1. The molecule has 1 aromatic heterocycles. The van der Waals surface area contributed by atoms with Gasteiger partial charge in [0.25, 0.3) is 5.91 Å². The van der Waals surface area contributed by atoms with Crippen LogP contribution in [0.25, 0.3) is 11.1 Å². The molecule has 0 saturated heterocycles. The Hall–Kier alpha value is -3.87. The van der Waals surface area contributed by atoms with Gasteiger partial charge in [-0.05, 0) is 61.2 Å². The van der Waals surface area contributed by atoms with Crippen LogP contribution < -0.4 is 20.5 Å². The number of carbonyl (C=O) groups excluding carboxylic acids is 2. The number of rotatable bonds is 5. The first kappa shape index (κ1) is 19.1. The number of fused-ring (bicyclic) bond motifs is 1. The summed E-state index contributed by atoms with van der Waals surface area (Å²) in [7, 11) is 0. The molecule has 2 N–H and O–H groups in total. The predicted molar refractivity (Wildman–Crippen MR) is 114 cm³/mol. The zero-order valence-electron chi connectivity index (χ0n) is 16.9. The van der Waals surface area contributed by atoms with E-state index >= 15 is 0 Å². The molecule has 0 unspecified atom stereocenters. The maximum absolute atomic E-state index is 13.2. The van der Waals surface area contributed by atoms with Crippen LogP contribution >= 0.6 is 0 Å². The second-order valence-electron chi connectivity index (χ2n) is 7.87. The fraction of sp³-hybridized carbons (Fsp3) is 0.208. The molecule has 5 rings (SSSR count). The van der Waals surface area contributed by atoms with Gasteiger partial charge in [0, 0.05) is 16.8 Å². The first-order valence-corrected chi connectivity index (χ1v) is 10.0. The van der Waals surface area contributed by atoms with Crippen molar-refractivity contribution in [2.75, 3.05) is 12.1 Å². The Labute approximate surface area is 179 Å². The second kappa shape index (κ2) is 7.12. The van der Waals surface area contributed by atoms with E-state index < -0.39 is 11.3 Å². The Kier molecular flexibility index (Phi) is 4.39. The van der Waals surface area contributed by atoms with Gasteiger partial charge < -0.3 is 14.8 Å². The molecule has 2 heterocycles. The molecule has 1 aliphatic carbocycles. The summed E-state index contributed by atoms with van der Waals surface area (Å²) in [4.78, 5) is 28.8. The zero-order valence-corrected chi connectivity index (χ0v) is 16.9. The molecule has 1 fully saturated rings. The Morgan fingerprint density at radius 1 is 1.03 bits per heavy atom. The van der Waals surface area contributed by atoms with E-state index in [9.17, 15) is 9.59 Å². The van der Waals surface area contributed by atoms with Gasteiger partial charge in [-0.25, -0.2) is 0 Å². The molecule has 2 amide bonds. The quantitative estimate of drug-likeness (QED) is 0.683. The highest BCUT2D eigenvalue weighted by molar-refractivity contribution is 6.02. The Morgan fingerprint density at radius 3 is 2.48 bits per heavy atom. The average Bonchev–Trinajstić information content (AvgIpc) is 3.46. The van der Waals surface area contributed by atoms with Crippen molar-refractivity contribution in [2.24, 2.45) is 0 Å². The summed E-state index contributed by atoms with van der Waals surface area (Å²) >= 11 is 0. The van der Waals surface area contributed by atoms with Gasteiger partial charge in [-0.1, -0.05) is 18.2 Å². The number of hydrogen-bond acceptors (Lipinski definition) is 5. The van der Waals surface area contributed by atoms with E-state index in [1.165, 1.54) is 0 Å². The zero-order chi connectivity index (χ0) is 21.6. The lowest BCUT2D eigenvalue weighted by Gasteiger charge is -2.17. The van der Waals surface area contributed by atoms with Crippen LogP contribution in [0.1, 0.15) is 34.5 Å². The number of pyridine rings is 1. The van der Waals surface area contributed by atoms with Crippen molar-refractivity contribution in [3.05, 3.63) is 71.5 Å². The molecule has 3 aromatic rings. The highest BCUT2D eigenvalue weighted by Gasteiger charge is 2.51. The van der Waals surface area contributed by atoms with E-state index in [0.717, 1.165) is 35.2 Å². The number of aromatic nitrogens is 1. The molecule has 1 radical (unpaired) electrons. The van der Waals surface area contributed by atoms with Crippen molar-refractivity contribution >= 4 is 17.5 Å². The lowest BCUT2D eigenvalue weighted by molar-refractivity contribution is -0.118. The van der Waals surface area contributed by atoms with Crippen LogP contribution in [0.5, 0.6) is 11.5 Å². The summed E-state index contributed by atoms with van der Waals surface area (Å²) in [6.07, 6.45) is 3.19. The highest BCUT2D eigenvalue weighted by Crippen LogP contribution is 2.51. The van der Waals surface area contributed by atoms with Gasteiger partial charge in [0.05, 0.1) is 17.3 Å². The topological polar surface area (TPSA) is 101 Å². The van der Waals surface area contributed by atoms with Gasteiger partial charge in [0.15, 0.2) is 11.5 Å². The number of hydrogen-bond donors (Lipinski definition) is 1. The molecule has 31 heavy (non-hydrogen) atoms. The van der Waals surface area contributed by atoms with Crippen LogP contribution in [-0.4, -0.2) is 23.6 Å². The minimum Gasteiger partial charge on any atom is -0.454 e. The fourth-order valence-corrected chi connectivity index (χ4v) is 3.91. The molecular formula is C24H20N3O4. The molecule has 1 aliphatic heterocycles. The summed E-state index contributed by atoms with van der Waals surface area (Å²) in [6.45, 7) is 2.09. The molecule has 7 nitrogen and oxygen atoms in total. The smallest absolute Gasteiger partial charge is 0.269 e. The predicted octanol–water partition coefficient (Wildman–Crippen LogP) is 3.88. The van der Waals surface area contributed by atoms with E-state index in [-0.39, 0.29) is 12.7 Å². The van der Waals surface area contributed by atoms with E-state index in [0.29, 0.717) is 22.7 Å². The number of carbonyl (C=O) groups is 2. The molecule has 155 valence electrons. The maximum Gasteiger partial charge on any atom is 0.269 e. The third-order valence-corrected chi connectivity index (χ3v) is 5.91. The molecule has 1 saturated carbocycles. The Bertz CT molecular complexity index is 1200. The number of nitrogens with zero attached hydrogens (tertiary/aromatic N) is 1. The summed E-state index contributed by atoms with van der Waals surface area (Å²) in [5.41, 5.74) is 11.0. The van der Waals surface area contributed by atoms with Crippen LogP contribution in [-0.2, 0) is 10.2 Å². The third kappa shape index (κ3) is 3.38. The normalized spacial score (nSPS) is 15.4. The summed E-state index contributed by atoms with van der Waals surface area (Å²) in [6, 6.07) is 14.4. The van der Waals surface area contributed by atoms with Crippen LogP contribution in [0.3, 0.4) is 0 Å². The fourth-order valence-electron chi connectivity index (χ4n) is 3.91. The van der Waals surface area contributed by atoms with Gasteiger partial charge in [-0.3, -0.25) is 20.3 Å². The van der Waals surface area contributed by atoms with Crippen molar-refractivity contribution in [2.45, 2.75) is 25.2 Å². The van der Waals surface area contributed by atoms with Crippen LogP contribution in [0.15, 0.2) is 54.7 Å². The van der Waals surface area contributed by atoms with E-state index in [4.69, 9.17) is 15.2 Å².